The van der Waals surface area contributed by atoms with Crippen LogP contribution in [0.5, 0.6) is 0 Å². The molecule has 0 aromatic carbocycles. The molecule has 0 bridgehead atoms. The number of thiocarbonyl (C=S) groups is 1. The maximum Gasteiger partial charge on any atom is 0.186 e. The maximum absolute atomic E-state index is 12.5. The Labute approximate surface area is 141 Å². The van der Waals surface area contributed by atoms with E-state index >= 15 is 0 Å². The van der Waals surface area contributed by atoms with Gasteiger partial charge in [0.2, 0.25) is 0 Å². The summed E-state index contributed by atoms with van der Waals surface area (Å²) in [6.45, 7) is 9.28. The summed E-state index contributed by atoms with van der Waals surface area (Å²) in [5.74, 6) is 0.0333. The van der Waals surface area contributed by atoms with Crippen LogP contribution in [0.2, 0.25) is 0 Å². The molecule has 2 aliphatic rings. The molecule has 0 spiro atoms. The fraction of sp³-hybridized carbons (Fsp3) is 0.562. The third-order valence-electron chi connectivity index (χ3n) is 4.50. The fourth-order valence-corrected chi connectivity index (χ4v) is 3.41. The fourth-order valence-electron chi connectivity index (χ4n) is 2.79. The lowest BCUT2D eigenvalue weighted by Gasteiger charge is -2.36. The van der Waals surface area contributed by atoms with E-state index < -0.39 is 0 Å². The van der Waals surface area contributed by atoms with Gasteiger partial charge in [0, 0.05) is 55.0 Å². The second-order valence-electron chi connectivity index (χ2n) is 5.75. The van der Waals surface area contributed by atoms with Crippen LogP contribution >= 0.6 is 24.0 Å². The van der Waals surface area contributed by atoms with E-state index in [-0.39, 0.29) is 11.6 Å². The van der Waals surface area contributed by atoms with Crippen LogP contribution in [-0.2, 0) is 9.59 Å². The van der Waals surface area contributed by atoms with Gasteiger partial charge in [0.05, 0.1) is 0 Å². The number of nitrogens with zero attached hydrogens (tertiary/aromatic N) is 2. The molecule has 0 atom stereocenters. The van der Waals surface area contributed by atoms with Gasteiger partial charge in [-0.25, -0.2) is 0 Å². The number of thioether (sulfide) groups is 1. The first kappa shape index (κ1) is 17.4. The summed E-state index contributed by atoms with van der Waals surface area (Å²) < 4.78 is 0.924. The van der Waals surface area contributed by atoms with Crippen LogP contribution in [-0.4, -0.2) is 64.7 Å². The Morgan fingerprint density at radius 1 is 1.00 bits per heavy atom. The Bertz CT molecular complexity index is 585. The standard InChI is InChI=1S/C16H22N2O2S2/c1-10-11(2)15(20)13(12(3)14(10)19)9-17-5-7-18(8-6-17)16(21)22-4/h5-9H2,1-4H3. The van der Waals surface area contributed by atoms with Crippen molar-refractivity contribution < 1.29 is 9.59 Å². The number of hydrogen-bond acceptors (Lipinski definition) is 5. The first-order valence-corrected chi connectivity index (χ1v) is 9.02. The minimum atomic E-state index is 0.00861. The molecule has 0 radical (unpaired) electrons. The van der Waals surface area contributed by atoms with Crippen molar-refractivity contribution in [3.8, 4) is 0 Å². The zero-order valence-corrected chi connectivity index (χ0v) is 15.2. The summed E-state index contributed by atoms with van der Waals surface area (Å²) in [5.41, 5.74) is 2.44. The molecule has 0 saturated carbocycles. The van der Waals surface area contributed by atoms with E-state index in [1.807, 2.05) is 6.26 Å². The summed E-state index contributed by atoms with van der Waals surface area (Å²) in [6, 6.07) is 0. The van der Waals surface area contributed by atoms with Crippen molar-refractivity contribution in [2.24, 2.45) is 0 Å². The van der Waals surface area contributed by atoms with Crippen LogP contribution < -0.4 is 0 Å². The van der Waals surface area contributed by atoms with E-state index in [1.54, 1.807) is 32.5 Å². The van der Waals surface area contributed by atoms with E-state index in [4.69, 9.17) is 12.2 Å². The molecule has 22 heavy (non-hydrogen) atoms. The van der Waals surface area contributed by atoms with Crippen LogP contribution in [0.3, 0.4) is 0 Å². The van der Waals surface area contributed by atoms with Crippen LogP contribution in [0.15, 0.2) is 22.3 Å². The van der Waals surface area contributed by atoms with Gasteiger partial charge in [0.25, 0.3) is 0 Å². The molecule has 0 aromatic rings. The highest BCUT2D eigenvalue weighted by atomic mass is 32.2. The van der Waals surface area contributed by atoms with Gasteiger partial charge in [-0.3, -0.25) is 14.5 Å². The van der Waals surface area contributed by atoms with Gasteiger partial charge in [-0.05, 0) is 27.0 Å². The third-order valence-corrected chi connectivity index (χ3v) is 5.86. The Balaban J connectivity index is 2.05. The van der Waals surface area contributed by atoms with E-state index in [9.17, 15) is 9.59 Å². The largest absolute Gasteiger partial charge is 0.355 e. The van der Waals surface area contributed by atoms with Gasteiger partial charge in [0.1, 0.15) is 4.32 Å². The predicted molar refractivity (Wildman–Crippen MR) is 95.2 cm³/mol. The zero-order valence-electron chi connectivity index (χ0n) is 13.6. The Morgan fingerprint density at radius 2 is 1.55 bits per heavy atom. The van der Waals surface area contributed by atoms with Gasteiger partial charge >= 0.3 is 0 Å². The molecular weight excluding hydrogens is 316 g/mol. The number of piperazine rings is 1. The molecule has 1 saturated heterocycles. The average molecular weight is 338 g/mol. The van der Waals surface area contributed by atoms with Gasteiger partial charge in [0.15, 0.2) is 11.6 Å². The first-order valence-electron chi connectivity index (χ1n) is 7.38. The quantitative estimate of drug-likeness (QED) is 0.567. The second kappa shape index (κ2) is 7.06. The van der Waals surface area contributed by atoms with Gasteiger partial charge in [-0.1, -0.05) is 12.2 Å². The predicted octanol–water partition coefficient (Wildman–Crippen LogP) is 2.06. The summed E-state index contributed by atoms with van der Waals surface area (Å²) in [6.07, 6.45) is 1.99. The molecule has 0 amide bonds. The molecule has 6 heteroatoms. The molecule has 1 aliphatic heterocycles. The summed E-state index contributed by atoms with van der Waals surface area (Å²) in [4.78, 5) is 29.1. The number of rotatable bonds is 2. The topological polar surface area (TPSA) is 40.6 Å². The highest BCUT2D eigenvalue weighted by Crippen LogP contribution is 2.25. The molecule has 2 rings (SSSR count). The highest BCUT2D eigenvalue weighted by molar-refractivity contribution is 8.22. The zero-order chi connectivity index (χ0) is 16.4. The van der Waals surface area contributed by atoms with Crippen molar-refractivity contribution in [3.63, 3.8) is 0 Å². The van der Waals surface area contributed by atoms with Crippen molar-refractivity contribution >= 4 is 39.9 Å². The Morgan fingerprint density at radius 3 is 2.09 bits per heavy atom. The molecule has 1 heterocycles. The van der Waals surface area contributed by atoms with Crippen molar-refractivity contribution in [3.05, 3.63) is 22.3 Å². The molecule has 1 fully saturated rings. The smallest absolute Gasteiger partial charge is 0.186 e. The first-order chi connectivity index (χ1) is 10.4. The van der Waals surface area contributed by atoms with Crippen LogP contribution in [0.1, 0.15) is 20.8 Å². The van der Waals surface area contributed by atoms with Crippen molar-refractivity contribution in [2.45, 2.75) is 20.8 Å². The van der Waals surface area contributed by atoms with Gasteiger partial charge < -0.3 is 4.90 Å². The molecule has 1 aliphatic carbocycles. The monoisotopic (exact) mass is 338 g/mol. The summed E-state index contributed by atoms with van der Waals surface area (Å²) in [5, 5.41) is 0. The number of hydrogen-bond donors (Lipinski definition) is 0. The molecule has 0 unspecified atom stereocenters. The molecule has 4 nitrogen and oxygen atoms in total. The number of carbonyl (C=O) groups excluding carboxylic acids is 2. The SMILES string of the molecule is CSC(=S)N1CCN(CC2=C(C)C(=O)C(C)=C(C)C2=O)CC1. The molecule has 0 N–H and O–H groups in total. The lowest BCUT2D eigenvalue weighted by Crippen LogP contribution is -2.48. The summed E-state index contributed by atoms with van der Waals surface area (Å²) >= 11 is 6.91. The van der Waals surface area contributed by atoms with Crippen LogP contribution in [0.25, 0.3) is 0 Å². The van der Waals surface area contributed by atoms with Crippen LogP contribution in [0.4, 0.5) is 0 Å². The lowest BCUT2D eigenvalue weighted by atomic mass is 9.85. The van der Waals surface area contributed by atoms with Gasteiger partial charge in [-0.15, -0.1) is 11.8 Å². The number of Topliss-reactive ketones (excluding diaryl/α,β-unsaturated/α-hetero) is 2. The minimum absolute atomic E-state index is 0.00861. The minimum Gasteiger partial charge on any atom is -0.355 e. The maximum atomic E-state index is 12.5. The van der Waals surface area contributed by atoms with Crippen molar-refractivity contribution in [2.75, 3.05) is 39.0 Å². The van der Waals surface area contributed by atoms with Crippen molar-refractivity contribution in [1.29, 1.82) is 0 Å². The number of carbonyl (C=O) groups is 2. The number of allylic oxidation sites excluding steroid dienone is 3. The van der Waals surface area contributed by atoms with E-state index in [0.29, 0.717) is 28.8 Å². The molecule has 0 aromatic heterocycles. The number of ketones is 2. The van der Waals surface area contributed by atoms with E-state index in [1.165, 1.54) is 0 Å². The normalized spacial score (nSPS) is 21.0. The third kappa shape index (κ3) is 3.34. The molecule has 120 valence electrons. The van der Waals surface area contributed by atoms with Crippen LogP contribution in [0, 0.1) is 0 Å². The Kier molecular flexibility index (Phi) is 5.58. The average Bonchev–Trinajstić information content (AvgIpc) is 2.55. The highest BCUT2D eigenvalue weighted by Gasteiger charge is 2.29. The lowest BCUT2D eigenvalue weighted by molar-refractivity contribution is -0.116. The Hall–Kier alpha value is -0.980. The van der Waals surface area contributed by atoms with E-state index in [2.05, 4.69) is 9.80 Å². The molecular formula is C16H22N2O2S2. The van der Waals surface area contributed by atoms with E-state index in [0.717, 1.165) is 30.5 Å². The second-order valence-corrected chi connectivity index (χ2v) is 7.19. The van der Waals surface area contributed by atoms with Gasteiger partial charge in [-0.2, -0.15) is 0 Å². The summed E-state index contributed by atoms with van der Waals surface area (Å²) in [7, 11) is 0. The van der Waals surface area contributed by atoms with Crippen molar-refractivity contribution in [1.82, 2.24) is 9.80 Å².